The zero-order chi connectivity index (χ0) is 21.3. The van der Waals surface area contributed by atoms with Gasteiger partial charge in [0.05, 0.1) is 10.4 Å². The maximum absolute atomic E-state index is 12.6. The maximum Gasteiger partial charge on any atom is 0.282 e. The number of aromatic nitrogens is 1. The minimum Gasteiger partial charge on any atom is -0.357 e. The largest absolute Gasteiger partial charge is 0.357 e. The normalized spacial score (nSPS) is 14.7. The minimum atomic E-state index is -0.549. The van der Waals surface area contributed by atoms with E-state index in [0.29, 0.717) is 5.69 Å². The molecular formula is C23H24N4O3. The van der Waals surface area contributed by atoms with Crippen LogP contribution in [0.3, 0.4) is 0 Å². The quantitative estimate of drug-likeness (QED) is 0.491. The number of nitrogens with one attached hydrogen (secondary N) is 1. The molecule has 1 saturated heterocycles. The van der Waals surface area contributed by atoms with Crippen LogP contribution in [0, 0.1) is 23.0 Å². The zero-order valence-electron chi connectivity index (χ0n) is 17.1. The third-order valence-corrected chi connectivity index (χ3v) is 5.71. The molecule has 0 atom stereocenters. The Kier molecular flexibility index (Phi) is 5.35. The Morgan fingerprint density at radius 2 is 1.90 bits per heavy atom. The fourth-order valence-electron chi connectivity index (χ4n) is 3.88. The molecule has 2 heterocycles. The molecule has 1 fully saturated rings. The molecule has 2 aromatic carbocycles. The SMILES string of the molecule is Cc1cc(N2CCC(C)CC2)nc2ccc(NC(=O)c3ccccc3[N+](=O)[O-])cc12. The highest BCUT2D eigenvalue weighted by molar-refractivity contribution is 6.07. The number of hydrogen-bond donors (Lipinski definition) is 1. The van der Waals surface area contributed by atoms with Crippen molar-refractivity contribution in [3.05, 3.63) is 69.8 Å². The molecule has 0 unspecified atom stereocenters. The predicted octanol–water partition coefficient (Wildman–Crippen LogP) is 4.94. The lowest BCUT2D eigenvalue weighted by atomic mass is 9.99. The van der Waals surface area contributed by atoms with Crippen molar-refractivity contribution < 1.29 is 9.72 Å². The Balaban J connectivity index is 1.60. The Bertz CT molecular complexity index is 1120. The molecule has 30 heavy (non-hydrogen) atoms. The number of pyridine rings is 1. The van der Waals surface area contributed by atoms with Gasteiger partial charge in [-0.3, -0.25) is 14.9 Å². The van der Waals surface area contributed by atoms with Crippen molar-refractivity contribution in [1.29, 1.82) is 0 Å². The van der Waals surface area contributed by atoms with Crippen LogP contribution in [-0.2, 0) is 0 Å². The summed E-state index contributed by atoms with van der Waals surface area (Å²) in [5, 5.41) is 14.9. The lowest BCUT2D eigenvalue weighted by Gasteiger charge is -2.31. The number of rotatable bonds is 4. The van der Waals surface area contributed by atoms with E-state index in [2.05, 4.69) is 23.2 Å². The number of hydrogen-bond acceptors (Lipinski definition) is 5. The molecule has 3 aromatic rings. The first-order valence-electron chi connectivity index (χ1n) is 10.1. The molecular weight excluding hydrogens is 380 g/mol. The number of nitro groups is 1. The third-order valence-electron chi connectivity index (χ3n) is 5.71. The lowest BCUT2D eigenvalue weighted by molar-refractivity contribution is -0.385. The second kappa shape index (κ2) is 8.10. The van der Waals surface area contributed by atoms with Gasteiger partial charge in [-0.1, -0.05) is 19.1 Å². The van der Waals surface area contributed by atoms with Gasteiger partial charge in [0.1, 0.15) is 11.4 Å². The summed E-state index contributed by atoms with van der Waals surface area (Å²) in [6.07, 6.45) is 2.35. The van der Waals surface area contributed by atoms with Crippen LogP contribution in [0.25, 0.3) is 10.9 Å². The number of piperidine rings is 1. The van der Waals surface area contributed by atoms with E-state index in [1.54, 1.807) is 18.2 Å². The van der Waals surface area contributed by atoms with E-state index in [9.17, 15) is 14.9 Å². The summed E-state index contributed by atoms with van der Waals surface area (Å²) >= 11 is 0. The highest BCUT2D eigenvalue weighted by atomic mass is 16.6. The van der Waals surface area contributed by atoms with Gasteiger partial charge >= 0.3 is 0 Å². The van der Waals surface area contributed by atoms with Crippen LogP contribution in [0.1, 0.15) is 35.7 Å². The summed E-state index contributed by atoms with van der Waals surface area (Å²) in [6.45, 7) is 6.36. The third kappa shape index (κ3) is 3.96. The number of benzene rings is 2. The van der Waals surface area contributed by atoms with E-state index >= 15 is 0 Å². The second-order valence-electron chi connectivity index (χ2n) is 7.93. The van der Waals surface area contributed by atoms with Crippen LogP contribution in [0.4, 0.5) is 17.2 Å². The zero-order valence-corrected chi connectivity index (χ0v) is 17.1. The van der Waals surface area contributed by atoms with Crippen LogP contribution >= 0.6 is 0 Å². The molecule has 0 bridgehead atoms. The monoisotopic (exact) mass is 404 g/mol. The number of carbonyl (C=O) groups is 1. The Labute approximate surface area is 174 Å². The predicted molar refractivity (Wildman–Crippen MR) is 118 cm³/mol. The molecule has 0 aliphatic carbocycles. The molecule has 154 valence electrons. The van der Waals surface area contributed by atoms with E-state index in [-0.39, 0.29) is 11.3 Å². The number of para-hydroxylation sites is 1. The topological polar surface area (TPSA) is 88.4 Å². The summed E-state index contributed by atoms with van der Waals surface area (Å²) in [7, 11) is 0. The van der Waals surface area contributed by atoms with Gasteiger partial charge in [-0.15, -0.1) is 0 Å². The van der Waals surface area contributed by atoms with Gasteiger partial charge < -0.3 is 10.2 Å². The molecule has 0 spiro atoms. The number of anilines is 2. The smallest absolute Gasteiger partial charge is 0.282 e. The van der Waals surface area contributed by atoms with Gasteiger partial charge in [0, 0.05) is 30.2 Å². The average molecular weight is 404 g/mol. The van der Waals surface area contributed by atoms with E-state index in [1.165, 1.54) is 25.0 Å². The van der Waals surface area contributed by atoms with Crippen LogP contribution in [0.5, 0.6) is 0 Å². The van der Waals surface area contributed by atoms with Gasteiger partial charge in [0.2, 0.25) is 0 Å². The Morgan fingerprint density at radius 3 is 2.63 bits per heavy atom. The summed E-state index contributed by atoms with van der Waals surface area (Å²) < 4.78 is 0. The van der Waals surface area contributed by atoms with Crippen molar-refractivity contribution in [2.24, 2.45) is 5.92 Å². The number of nitro benzene ring substituents is 1. The summed E-state index contributed by atoms with van der Waals surface area (Å²) in [5.41, 5.74) is 2.35. The first-order chi connectivity index (χ1) is 14.4. The second-order valence-corrected chi connectivity index (χ2v) is 7.93. The molecule has 0 radical (unpaired) electrons. The van der Waals surface area contributed by atoms with Gasteiger partial charge in [-0.2, -0.15) is 0 Å². The van der Waals surface area contributed by atoms with Crippen molar-refractivity contribution in [1.82, 2.24) is 4.98 Å². The van der Waals surface area contributed by atoms with Crippen molar-refractivity contribution in [3.8, 4) is 0 Å². The number of amides is 1. The number of carbonyl (C=O) groups excluding carboxylic acids is 1. The Hall–Kier alpha value is -3.48. The molecule has 1 aromatic heterocycles. The maximum atomic E-state index is 12.6. The molecule has 1 aliphatic rings. The fraction of sp³-hybridized carbons (Fsp3) is 0.304. The first-order valence-corrected chi connectivity index (χ1v) is 10.1. The summed E-state index contributed by atoms with van der Waals surface area (Å²) in [4.78, 5) is 30.4. The average Bonchev–Trinajstić information content (AvgIpc) is 2.74. The van der Waals surface area contributed by atoms with E-state index in [0.717, 1.165) is 41.3 Å². The summed E-state index contributed by atoms with van der Waals surface area (Å²) in [5.74, 6) is 1.24. The van der Waals surface area contributed by atoms with Crippen LogP contribution in [0.15, 0.2) is 48.5 Å². The van der Waals surface area contributed by atoms with Crippen molar-refractivity contribution in [3.63, 3.8) is 0 Å². The van der Waals surface area contributed by atoms with E-state index in [1.807, 2.05) is 19.1 Å². The lowest BCUT2D eigenvalue weighted by Crippen LogP contribution is -2.33. The standard InChI is InChI=1S/C23H24N4O3/c1-15-9-11-26(12-10-15)22-13-16(2)19-14-17(7-8-20(19)25-22)24-23(28)18-5-3-4-6-21(18)27(29)30/h3-8,13-15H,9-12H2,1-2H3,(H,24,28). The van der Waals surface area contributed by atoms with Crippen LogP contribution in [-0.4, -0.2) is 28.9 Å². The Morgan fingerprint density at radius 1 is 1.17 bits per heavy atom. The number of aryl methyl sites for hydroxylation is 1. The van der Waals surface area contributed by atoms with Crippen LogP contribution < -0.4 is 10.2 Å². The molecule has 1 N–H and O–H groups in total. The van der Waals surface area contributed by atoms with Crippen molar-refractivity contribution in [2.75, 3.05) is 23.3 Å². The first kappa shape index (κ1) is 19.8. The van der Waals surface area contributed by atoms with Crippen molar-refractivity contribution >= 4 is 34.0 Å². The van der Waals surface area contributed by atoms with E-state index < -0.39 is 10.8 Å². The summed E-state index contributed by atoms with van der Waals surface area (Å²) in [6, 6.07) is 13.5. The molecule has 4 rings (SSSR count). The van der Waals surface area contributed by atoms with Gasteiger partial charge in [-0.05, 0) is 61.6 Å². The van der Waals surface area contributed by atoms with Gasteiger partial charge in [0.25, 0.3) is 11.6 Å². The highest BCUT2D eigenvalue weighted by Crippen LogP contribution is 2.28. The number of fused-ring (bicyclic) bond motifs is 1. The highest BCUT2D eigenvalue weighted by Gasteiger charge is 2.20. The molecule has 7 nitrogen and oxygen atoms in total. The van der Waals surface area contributed by atoms with Gasteiger partial charge in [0.15, 0.2) is 0 Å². The minimum absolute atomic E-state index is 0.0344. The van der Waals surface area contributed by atoms with Gasteiger partial charge in [-0.25, -0.2) is 4.98 Å². The molecule has 7 heteroatoms. The number of nitrogens with zero attached hydrogens (tertiary/aromatic N) is 3. The fourth-order valence-corrected chi connectivity index (χ4v) is 3.88. The van der Waals surface area contributed by atoms with Crippen molar-refractivity contribution in [2.45, 2.75) is 26.7 Å². The molecule has 1 amide bonds. The molecule has 1 aliphatic heterocycles. The van der Waals surface area contributed by atoms with Crippen LogP contribution in [0.2, 0.25) is 0 Å². The van der Waals surface area contributed by atoms with E-state index in [4.69, 9.17) is 4.98 Å². The molecule has 0 saturated carbocycles.